The van der Waals surface area contributed by atoms with E-state index in [2.05, 4.69) is 45.8 Å². The number of hydrogen-bond acceptors (Lipinski definition) is 3. The molecule has 0 spiro atoms. The van der Waals surface area contributed by atoms with Crippen molar-refractivity contribution in [2.24, 2.45) is 10.6 Å². The van der Waals surface area contributed by atoms with Gasteiger partial charge in [-0.25, -0.2) is 0 Å². The van der Waals surface area contributed by atoms with E-state index >= 15 is 0 Å². The van der Waals surface area contributed by atoms with Gasteiger partial charge in [0.1, 0.15) is 0 Å². The summed E-state index contributed by atoms with van der Waals surface area (Å²) in [5.41, 5.74) is 5.35. The number of aromatic nitrogens is 1. The Bertz CT molecular complexity index is 821. The molecule has 0 unspecified atom stereocenters. The van der Waals surface area contributed by atoms with Crippen LogP contribution in [0.5, 0.6) is 0 Å². The van der Waals surface area contributed by atoms with E-state index in [4.69, 9.17) is 0 Å². The fourth-order valence-electron chi connectivity index (χ4n) is 5.60. The molecule has 1 aromatic heterocycles. The highest BCUT2D eigenvalue weighted by atomic mass is 16.4. The highest BCUT2D eigenvalue weighted by molar-refractivity contribution is 5.96. The smallest absolute Gasteiger partial charge is 0.0848 e. The molecule has 0 aliphatic carbocycles. The summed E-state index contributed by atoms with van der Waals surface area (Å²) in [6, 6.07) is 9.13. The van der Waals surface area contributed by atoms with Crippen molar-refractivity contribution in [3.8, 4) is 0 Å². The summed E-state index contributed by atoms with van der Waals surface area (Å²) in [6.07, 6.45) is 4.54. The summed E-state index contributed by atoms with van der Waals surface area (Å²) in [5, 5.41) is 15.0. The average molecular weight is 309 g/mol. The Morgan fingerprint density at radius 3 is 3.00 bits per heavy atom. The van der Waals surface area contributed by atoms with Gasteiger partial charge in [0.2, 0.25) is 0 Å². The van der Waals surface area contributed by atoms with Gasteiger partial charge in [-0.3, -0.25) is 4.90 Å². The maximum atomic E-state index is 9.79. The highest BCUT2D eigenvalue weighted by Crippen LogP contribution is 2.55. The average Bonchev–Trinajstić information content (AvgIpc) is 2.94. The van der Waals surface area contributed by atoms with Crippen molar-refractivity contribution in [3.05, 3.63) is 35.5 Å². The first-order valence-electron chi connectivity index (χ1n) is 8.85. The molecule has 1 N–H and O–H groups in total. The summed E-state index contributed by atoms with van der Waals surface area (Å²) < 4.78 is 2.43. The van der Waals surface area contributed by atoms with E-state index in [1.807, 2.05) is 0 Å². The van der Waals surface area contributed by atoms with Crippen LogP contribution >= 0.6 is 0 Å². The van der Waals surface area contributed by atoms with Crippen molar-refractivity contribution < 1.29 is 5.21 Å². The van der Waals surface area contributed by atoms with E-state index in [1.54, 1.807) is 5.56 Å². The number of fused-ring (bicyclic) bond motifs is 3. The van der Waals surface area contributed by atoms with Crippen LogP contribution in [0, 0.1) is 5.41 Å². The van der Waals surface area contributed by atoms with Crippen LogP contribution in [-0.4, -0.2) is 33.5 Å². The molecule has 2 aromatic rings. The molecule has 0 bridgehead atoms. The lowest BCUT2D eigenvalue weighted by Crippen LogP contribution is -2.56. The van der Waals surface area contributed by atoms with Gasteiger partial charge < -0.3 is 9.77 Å². The standard InChI is InChI=1S/C19H23N3O/c1-2-19-9-5-10-21-11-8-14-13-6-3-4-7-15(13)22(12-16(19)20-23)17(14)18(19)21/h3-4,6-7,18,23H,2,5,8-12H2,1H3/b20-16-/t18-,19+/m1/s1. The van der Waals surface area contributed by atoms with Crippen LogP contribution in [-0.2, 0) is 13.0 Å². The Labute approximate surface area is 136 Å². The zero-order valence-electron chi connectivity index (χ0n) is 13.6. The number of benzene rings is 1. The third kappa shape index (κ3) is 1.52. The molecule has 23 heavy (non-hydrogen) atoms. The molecule has 1 fully saturated rings. The number of para-hydroxylation sites is 1. The van der Waals surface area contributed by atoms with Gasteiger partial charge in [0, 0.05) is 28.6 Å². The molecule has 3 aliphatic heterocycles. The van der Waals surface area contributed by atoms with Gasteiger partial charge in [0.25, 0.3) is 0 Å². The number of hydrogen-bond donors (Lipinski definition) is 1. The SMILES string of the molecule is CC[C@]12CCCN3CCc4c(n(c5ccccc45)C/C1=N/O)[C@@H]32. The summed E-state index contributed by atoms with van der Waals surface area (Å²) in [7, 11) is 0. The minimum Gasteiger partial charge on any atom is -0.411 e. The lowest BCUT2D eigenvalue weighted by atomic mass is 9.63. The predicted molar refractivity (Wildman–Crippen MR) is 91.1 cm³/mol. The van der Waals surface area contributed by atoms with Gasteiger partial charge in [-0.2, -0.15) is 0 Å². The molecule has 1 aromatic carbocycles. The Hall–Kier alpha value is -1.81. The van der Waals surface area contributed by atoms with Gasteiger partial charge in [-0.1, -0.05) is 30.3 Å². The van der Waals surface area contributed by atoms with Crippen LogP contribution in [0.2, 0.25) is 0 Å². The predicted octanol–water partition coefficient (Wildman–Crippen LogP) is 3.57. The number of oxime groups is 1. The number of piperidine rings is 1. The third-order valence-electron chi connectivity index (χ3n) is 6.62. The van der Waals surface area contributed by atoms with Crippen LogP contribution in [0.3, 0.4) is 0 Å². The first-order valence-corrected chi connectivity index (χ1v) is 8.85. The van der Waals surface area contributed by atoms with Gasteiger partial charge in [-0.05, 0) is 43.9 Å². The molecule has 0 radical (unpaired) electrons. The van der Waals surface area contributed by atoms with Crippen LogP contribution in [0.1, 0.15) is 43.5 Å². The molecule has 4 heteroatoms. The molecule has 0 saturated carbocycles. The summed E-state index contributed by atoms with van der Waals surface area (Å²) in [6.45, 7) is 5.31. The second-order valence-electron chi connectivity index (χ2n) is 7.32. The summed E-state index contributed by atoms with van der Waals surface area (Å²) in [4.78, 5) is 2.65. The zero-order chi connectivity index (χ0) is 15.6. The monoisotopic (exact) mass is 309 g/mol. The van der Waals surface area contributed by atoms with Gasteiger partial charge in [-0.15, -0.1) is 0 Å². The van der Waals surface area contributed by atoms with E-state index in [-0.39, 0.29) is 5.41 Å². The van der Waals surface area contributed by atoms with Gasteiger partial charge >= 0.3 is 0 Å². The van der Waals surface area contributed by atoms with E-state index in [0.717, 1.165) is 38.1 Å². The molecule has 4 nitrogen and oxygen atoms in total. The van der Waals surface area contributed by atoms with Crippen molar-refractivity contribution >= 4 is 16.6 Å². The molecule has 3 aliphatic rings. The number of nitrogens with zero attached hydrogens (tertiary/aromatic N) is 3. The molecule has 120 valence electrons. The highest BCUT2D eigenvalue weighted by Gasteiger charge is 2.54. The van der Waals surface area contributed by atoms with Crippen molar-refractivity contribution in [3.63, 3.8) is 0 Å². The Morgan fingerprint density at radius 2 is 2.17 bits per heavy atom. The molecule has 5 rings (SSSR count). The van der Waals surface area contributed by atoms with E-state index in [1.165, 1.54) is 29.6 Å². The molecule has 1 saturated heterocycles. The second kappa shape index (κ2) is 4.60. The van der Waals surface area contributed by atoms with Gasteiger partial charge in [0.05, 0.1) is 18.3 Å². The van der Waals surface area contributed by atoms with E-state index in [0.29, 0.717) is 6.04 Å². The minimum absolute atomic E-state index is 0.0204. The van der Waals surface area contributed by atoms with Crippen LogP contribution in [0.25, 0.3) is 10.9 Å². The van der Waals surface area contributed by atoms with E-state index in [9.17, 15) is 5.21 Å². The van der Waals surface area contributed by atoms with Crippen LogP contribution < -0.4 is 0 Å². The maximum Gasteiger partial charge on any atom is 0.0848 e. The quantitative estimate of drug-likeness (QED) is 0.646. The first-order chi connectivity index (χ1) is 11.3. The third-order valence-corrected chi connectivity index (χ3v) is 6.62. The van der Waals surface area contributed by atoms with Crippen molar-refractivity contribution in [1.82, 2.24) is 9.47 Å². The van der Waals surface area contributed by atoms with Crippen molar-refractivity contribution in [1.29, 1.82) is 0 Å². The van der Waals surface area contributed by atoms with Crippen LogP contribution in [0.15, 0.2) is 29.4 Å². The topological polar surface area (TPSA) is 40.8 Å². The second-order valence-corrected chi connectivity index (χ2v) is 7.32. The molecule has 2 atom stereocenters. The first kappa shape index (κ1) is 13.6. The largest absolute Gasteiger partial charge is 0.411 e. The molecular weight excluding hydrogens is 286 g/mol. The Morgan fingerprint density at radius 1 is 1.30 bits per heavy atom. The lowest BCUT2D eigenvalue weighted by molar-refractivity contribution is 0.0314. The maximum absolute atomic E-state index is 9.79. The molecule has 4 heterocycles. The van der Waals surface area contributed by atoms with Gasteiger partial charge in [0.15, 0.2) is 0 Å². The Kier molecular flexibility index (Phi) is 2.72. The minimum atomic E-state index is 0.0204. The summed E-state index contributed by atoms with van der Waals surface area (Å²) in [5.74, 6) is 0. The normalized spacial score (nSPS) is 31.5. The summed E-state index contributed by atoms with van der Waals surface area (Å²) >= 11 is 0. The Balaban J connectivity index is 1.87. The van der Waals surface area contributed by atoms with Crippen LogP contribution in [0.4, 0.5) is 0 Å². The lowest BCUT2D eigenvalue weighted by Gasteiger charge is -2.54. The van der Waals surface area contributed by atoms with Crippen molar-refractivity contribution in [2.45, 2.75) is 45.2 Å². The fraction of sp³-hybridized carbons (Fsp3) is 0.526. The fourth-order valence-corrected chi connectivity index (χ4v) is 5.60. The molecular formula is C19H23N3O. The van der Waals surface area contributed by atoms with E-state index < -0.39 is 0 Å². The molecule has 0 amide bonds. The zero-order valence-corrected chi connectivity index (χ0v) is 13.6. The number of rotatable bonds is 1. The van der Waals surface area contributed by atoms with Crippen molar-refractivity contribution in [2.75, 3.05) is 13.1 Å².